The number of aromatic amines is 1. The smallest absolute Gasteiger partial charge is 0.360 e. The SMILES string of the molecule is COC(=O)c1nc(-c2cccc([N+](=O)[O-])c2)[nH]c(=O)c1O.N/C(=N\O)c1cccc([N+](=O)[O-])c1. The number of benzene rings is 2. The molecule has 0 aliphatic carbocycles. The molecule has 0 unspecified atom stereocenters. The van der Waals surface area contributed by atoms with Gasteiger partial charge in [0.25, 0.3) is 16.9 Å². The van der Waals surface area contributed by atoms with Gasteiger partial charge in [-0.1, -0.05) is 29.4 Å². The molecule has 5 N–H and O–H groups in total. The van der Waals surface area contributed by atoms with Crippen molar-refractivity contribution in [2.45, 2.75) is 0 Å². The molecule has 0 bridgehead atoms. The first kappa shape index (κ1) is 24.9. The molecule has 0 spiro atoms. The molecule has 0 saturated heterocycles. The number of methoxy groups -OCH3 is 1. The van der Waals surface area contributed by atoms with Crippen LogP contribution in [0.3, 0.4) is 0 Å². The summed E-state index contributed by atoms with van der Waals surface area (Å²) >= 11 is 0. The first-order chi connectivity index (χ1) is 16.1. The van der Waals surface area contributed by atoms with Crippen molar-refractivity contribution in [3.05, 3.63) is 90.4 Å². The first-order valence-corrected chi connectivity index (χ1v) is 8.97. The Labute approximate surface area is 189 Å². The van der Waals surface area contributed by atoms with Gasteiger partial charge in [0.15, 0.2) is 11.5 Å². The van der Waals surface area contributed by atoms with Crippen LogP contribution in [0.25, 0.3) is 11.4 Å². The number of nitrogens with two attached hydrogens (primary N) is 1. The normalized spacial score (nSPS) is 10.6. The average Bonchev–Trinajstić information content (AvgIpc) is 2.85. The van der Waals surface area contributed by atoms with Crippen molar-refractivity contribution < 1.29 is 29.7 Å². The van der Waals surface area contributed by atoms with Gasteiger partial charge < -0.3 is 25.8 Å². The molecular weight excluding hydrogens is 456 g/mol. The molecule has 0 amide bonds. The molecule has 0 fully saturated rings. The van der Waals surface area contributed by atoms with E-state index in [0.717, 1.165) is 7.11 Å². The zero-order chi connectivity index (χ0) is 25.4. The molecule has 3 rings (SSSR count). The molecule has 0 radical (unpaired) electrons. The summed E-state index contributed by atoms with van der Waals surface area (Å²) in [5.74, 6) is -2.12. The lowest BCUT2D eigenvalue weighted by Gasteiger charge is -2.05. The van der Waals surface area contributed by atoms with Gasteiger partial charge in [-0.25, -0.2) is 9.78 Å². The minimum absolute atomic E-state index is 0.0934. The maximum absolute atomic E-state index is 11.6. The molecule has 176 valence electrons. The number of ether oxygens (including phenoxy) is 1. The number of amidine groups is 1. The number of hydrogen-bond donors (Lipinski definition) is 4. The molecule has 0 aliphatic rings. The van der Waals surface area contributed by atoms with Crippen LogP contribution in [0.2, 0.25) is 0 Å². The average molecular weight is 472 g/mol. The highest BCUT2D eigenvalue weighted by atomic mass is 16.6. The van der Waals surface area contributed by atoms with Crippen LogP contribution in [0, 0.1) is 20.2 Å². The Morgan fingerprint density at radius 2 is 1.71 bits per heavy atom. The third kappa shape index (κ3) is 5.88. The number of H-pyrrole nitrogens is 1. The maximum Gasteiger partial charge on any atom is 0.360 e. The molecular formula is C19H16N6O9. The maximum atomic E-state index is 11.6. The predicted molar refractivity (Wildman–Crippen MR) is 116 cm³/mol. The van der Waals surface area contributed by atoms with E-state index in [2.05, 4.69) is 19.9 Å². The molecule has 34 heavy (non-hydrogen) atoms. The van der Waals surface area contributed by atoms with Crippen LogP contribution < -0.4 is 11.3 Å². The van der Waals surface area contributed by atoms with Crippen molar-refractivity contribution in [2.75, 3.05) is 7.11 Å². The van der Waals surface area contributed by atoms with Gasteiger partial charge in [0.05, 0.1) is 17.0 Å². The number of carbonyl (C=O) groups excluding carboxylic acids is 1. The fourth-order valence-electron chi connectivity index (χ4n) is 2.45. The van der Waals surface area contributed by atoms with Crippen molar-refractivity contribution in [3.63, 3.8) is 0 Å². The molecule has 1 aromatic heterocycles. The van der Waals surface area contributed by atoms with E-state index in [1.54, 1.807) is 0 Å². The van der Waals surface area contributed by atoms with Crippen molar-refractivity contribution in [1.82, 2.24) is 9.97 Å². The summed E-state index contributed by atoms with van der Waals surface area (Å²) in [7, 11) is 1.07. The van der Waals surface area contributed by atoms with E-state index in [1.165, 1.54) is 48.5 Å². The Morgan fingerprint density at radius 3 is 2.26 bits per heavy atom. The van der Waals surface area contributed by atoms with E-state index >= 15 is 0 Å². The second kappa shape index (κ2) is 10.8. The van der Waals surface area contributed by atoms with Gasteiger partial charge in [0.2, 0.25) is 5.75 Å². The van der Waals surface area contributed by atoms with Crippen LogP contribution in [-0.2, 0) is 4.74 Å². The van der Waals surface area contributed by atoms with Crippen LogP contribution >= 0.6 is 0 Å². The van der Waals surface area contributed by atoms with Crippen LogP contribution in [-0.4, -0.2) is 49.0 Å². The summed E-state index contributed by atoms with van der Waals surface area (Å²) in [6.45, 7) is 0. The fourth-order valence-corrected chi connectivity index (χ4v) is 2.45. The van der Waals surface area contributed by atoms with Crippen LogP contribution in [0.15, 0.2) is 58.5 Å². The van der Waals surface area contributed by atoms with E-state index in [1.807, 2.05) is 0 Å². The van der Waals surface area contributed by atoms with E-state index in [4.69, 9.17) is 10.9 Å². The van der Waals surface area contributed by atoms with Gasteiger partial charge in [0.1, 0.15) is 5.82 Å². The highest BCUT2D eigenvalue weighted by molar-refractivity contribution is 5.97. The number of nitro groups is 2. The van der Waals surface area contributed by atoms with E-state index in [-0.39, 0.29) is 28.6 Å². The van der Waals surface area contributed by atoms with E-state index in [0.29, 0.717) is 5.56 Å². The number of nitrogens with one attached hydrogen (secondary N) is 1. The molecule has 15 heteroatoms. The standard InChI is InChI=1S/C12H9N3O6.C7H7N3O3/c1-21-12(18)8-9(16)11(17)14-10(13-8)6-3-2-4-7(5-6)15(19)20;8-7(9-11)5-2-1-3-6(4-5)10(12)13/h2-5,16H,1H3,(H,13,14,17);1-4,11H,(H2,8,9). The number of nitrogens with zero attached hydrogens (tertiary/aromatic N) is 4. The Hall–Kier alpha value is -5.34. The summed E-state index contributed by atoms with van der Waals surface area (Å²) in [5.41, 5.74) is 3.95. The fraction of sp³-hybridized carbons (Fsp3) is 0.0526. The zero-order valence-corrected chi connectivity index (χ0v) is 17.2. The number of rotatable bonds is 5. The van der Waals surface area contributed by atoms with Crippen LogP contribution in [0.1, 0.15) is 16.1 Å². The molecule has 15 nitrogen and oxygen atoms in total. The second-order valence-electron chi connectivity index (χ2n) is 6.20. The molecule has 1 heterocycles. The van der Waals surface area contributed by atoms with Crippen LogP contribution in [0.4, 0.5) is 11.4 Å². The summed E-state index contributed by atoms with van der Waals surface area (Å²) < 4.78 is 4.40. The minimum atomic E-state index is -0.995. The Bertz CT molecular complexity index is 1340. The predicted octanol–water partition coefficient (Wildman–Crippen LogP) is 1.53. The molecule has 3 aromatic rings. The summed E-state index contributed by atoms with van der Waals surface area (Å²) in [6, 6.07) is 10.8. The molecule has 0 atom stereocenters. The third-order valence-electron chi connectivity index (χ3n) is 4.06. The van der Waals surface area contributed by atoms with E-state index < -0.39 is 32.8 Å². The van der Waals surface area contributed by atoms with Crippen molar-refractivity contribution in [2.24, 2.45) is 10.9 Å². The molecule has 0 aliphatic heterocycles. The highest BCUT2D eigenvalue weighted by Crippen LogP contribution is 2.22. The van der Waals surface area contributed by atoms with Crippen molar-refractivity contribution >= 4 is 23.2 Å². The lowest BCUT2D eigenvalue weighted by molar-refractivity contribution is -0.385. The lowest BCUT2D eigenvalue weighted by atomic mass is 10.2. The van der Waals surface area contributed by atoms with Crippen molar-refractivity contribution in [1.29, 1.82) is 0 Å². The zero-order valence-electron chi connectivity index (χ0n) is 17.2. The number of aromatic hydroxyl groups is 1. The Morgan fingerprint density at radius 1 is 1.12 bits per heavy atom. The van der Waals surface area contributed by atoms with Gasteiger partial charge in [0, 0.05) is 35.4 Å². The second-order valence-corrected chi connectivity index (χ2v) is 6.20. The summed E-state index contributed by atoms with van der Waals surface area (Å²) in [4.78, 5) is 48.9. The van der Waals surface area contributed by atoms with Crippen molar-refractivity contribution in [3.8, 4) is 17.1 Å². The number of nitro benzene ring substituents is 2. The quantitative estimate of drug-likeness (QED) is 0.104. The van der Waals surface area contributed by atoms with E-state index in [9.17, 15) is 34.9 Å². The topological polar surface area (TPSA) is 237 Å². The Balaban J connectivity index is 0.000000270. The van der Waals surface area contributed by atoms with Gasteiger partial charge >= 0.3 is 5.97 Å². The molecule has 0 saturated carbocycles. The van der Waals surface area contributed by atoms with Gasteiger partial charge in [-0.2, -0.15) is 0 Å². The minimum Gasteiger partial charge on any atom is -0.501 e. The van der Waals surface area contributed by atoms with Gasteiger partial charge in [-0.3, -0.25) is 25.0 Å². The largest absolute Gasteiger partial charge is 0.501 e. The number of carbonyl (C=O) groups is 1. The van der Waals surface area contributed by atoms with Crippen LogP contribution in [0.5, 0.6) is 5.75 Å². The van der Waals surface area contributed by atoms with Gasteiger partial charge in [-0.05, 0) is 0 Å². The summed E-state index contributed by atoms with van der Waals surface area (Å²) in [6.07, 6.45) is 0. The van der Waals surface area contributed by atoms with Gasteiger partial charge in [-0.15, -0.1) is 0 Å². The highest BCUT2D eigenvalue weighted by Gasteiger charge is 2.19. The molecule has 2 aromatic carbocycles. The Kier molecular flexibility index (Phi) is 7.92. The third-order valence-corrected chi connectivity index (χ3v) is 4.06. The number of hydrogen-bond acceptors (Lipinski definition) is 11. The number of aromatic nitrogens is 2. The number of non-ortho nitro benzene ring substituents is 2. The number of oxime groups is 1. The number of esters is 1. The lowest BCUT2D eigenvalue weighted by Crippen LogP contribution is -2.16. The monoisotopic (exact) mass is 472 g/mol. The summed E-state index contributed by atoms with van der Waals surface area (Å²) in [5, 5.41) is 41.6. The first-order valence-electron chi connectivity index (χ1n) is 8.97.